The highest BCUT2D eigenvalue weighted by Gasteiger charge is 2.20. The van der Waals surface area contributed by atoms with Crippen molar-refractivity contribution in [3.05, 3.63) is 32.8 Å². The van der Waals surface area contributed by atoms with Gasteiger partial charge >= 0.3 is 0 Å². The number of hydrogen-bond donors (Lipinski definition) is 1. The highest BCUT2D eigenvalue weighted by Crippen LogP contribution is 2.28. The minimum atomic E-state index is -4.05. The van der Waals surface area contributed by atoms with Crippen LogP contribution in [-0.4, -0.2) is 13.3 Å². The maximum Gasteiger partial charge on any atom is 0.271 e. The molecule has 0 atom stereocenters. The van der Waals surface area contributed by atoms with Gasteiger partial charge in [0.05, 0.1) is 9.95 Å². The lowest BCUT2D eigenvalue weighted by molar-refractivity contribution is -0.385. The number of nitrogens with zero attached hydrogens (tertiary/aromatic N) is 1. The number of sulfonamides is 1. The molecule has 0 radical (unpaired) electrons. The second-order valence-electron chi connectivity index (χ2n) is 2.88. The lowest BCUT2D eigenvalue weighted by Gasteiger charge is -2.04. The molecule has 0 fully saturated rings. The summed E-state index contributed by atoms with van der Waals surface area (Å²) in [6.45, 7) is 1.46. The maximum atomic E-state index is 11.1. The van der Waals surface area contributed by atoms with E-state index >= 15 is 0 Å². The van der Waals surface area contributed by atoms with Crippen molar-refractivity contribution in [3.63, 3.8) is 0 Å². The molecular weight excluding hydrogens is 244 g/mol. The fourth-order valence-electron chi connectivity index (χ4n) is 1.03. The van der Waals surface area contributed by atoms with Gasteiger partial charge in [-0.05, 0) is 12.5 Å². The van der Waals surface area contributed by atoms with E-state index in [1.807, 2.05) is 0 Å². The highest BCUT2D eigenvalue weighted by molar-refractivity contribution is 7.89. The van der Waals surface area contributed by atoms with E-state index in [4.69, 9.17) is 16.7 Å². The Morgan fingerprint density at radius 1 is 1.47 bits per heavy atom. The van der Waals surface area contributed by atoms with E-state index in [1.165, 1.54) is 13.0 Å². The Hall–Kier alpha value is -1.18. The molecule has 1 aromatic rings. The average Bonchev–Trinajstić information content (AvgIpc) is 2.06. The molecule has 0 aliphatic carbocycles. The topological polar surface area (TPSA) is 103 Å². The van der Waals surface area contributed by atoms with Crippen molar-refractivity contribution in [3.8, 4) is 0 Å². The third kappa shape index (κ3) is 2.44. The summed E-state index contributed by atoms with van der Waals surface area (Å²) in [7, 11) is -4.05. The zero-order chi connectivity index (χ0) is 11.8. The summed E-state index contributed by atoms with van der Waals surface area (Å²) in [4.78, 5) is 9.33. The summed E-state index contributed by atoms with van der Waals surface area (Å²) in [5.74, 6) is 0. The fourth-order valence-corrected chi connectivity index (χ4v) is 2.16. The van der Waals surface area contributed by atoms with Gasteiger partial charge in [-0.15, -0.1) is 0 Å². The Labute approximate surface area is 90.9 Å². The molecular formula is C7H7ClN2O4S. The highest BCUT2D eigenvalue weighted by atomic mass is 35.5. The van der Waals surface area contributed by atoms with Gasteiger partial charge in [0, 0.05) is 12.1 Å². The van der Waals surface area contributed by atoms with Crippen LogP contribution >= 0.6 is 11.6 Å². The van der Waals surface area contributed by atoms with Gasteiger partial charge in [0.15, 0.2) is 0 Å². The first-order valence-electron chi connectivity index (χ1n) is 3.71. The van der Waals surface area contributed by atoms with Crippen LogP contribution in [-0.2, 0) is 10.0 Å². The molecule has 1 rings (SSSR count). The van der Waals surface area contributed by atoms with Crippen LogP contribution < -0.4 is 5.14 Å². The van der Waals surface area contributed by atoms with Gasteiger partial charge in [0.1, 0.15) is 4.90 Å². The fraction of sp³-hybridized carbons (Fsp3) is 0.143. The number of non-ortho nitro benzene ring substituents is 1. The smallest absolute Gasteiger partial charge is 0.258 e. The summed E-state index contributed by atoms with van der Waals surface area (Å²) in [5.41, 5.74) is -0.0733. The van der Waals surface area contributed by atoms with Crippen LogP contribution in [0, 0.1) is 17.0 Å². The molecule has 8 heteroatoms. The molecule has 0 spiro atoms. The van der Waals surface area contributed by atoms with E-state index in [0.717, 1.165) is 6.07 Å². The van der Waals surface area contributed by atoms with Crippen molar-refractivity contribution < 1.29 is 13.3 Å². The van der Waals surface area contributed by atoms with Crippen molar-refractivity contribution in [1.82, 2.24) is 0 Å². The molecule has 0 heterocycles. The molecule has 15 heavy (non-hydrogen) atoms. The van der Waals surface area contributed by atoms with Crippen molar-refractivity contribution in [2.75, 3.05) is 0 Å². The van der Waals surface area contributed by atoms with Crippen molar-refractivity contribution >= 4 is 27.3 Å². The van der Waals surface area contributed by atoms with Gasteiger partial charge in [-0.2, -0.15) is 0 Å². The molecule has 6 nitrogen and oxygen atoms in total. The molecule has 1 aromatic carbocycles. The van der Waals surface area contributed by atoms with Gasteiger partial charge in [-0.1, -0.05) is 11.6 Å². The van der Waals surface area contributed by atoms with Gasteiger partial charge in [0.2, 0.25) is 10.0 Å². The van der Waals surface area contributed by atoms with E-state index in [-0.39, 0.29) is 16.3 Å². The molecule has 0 bridgehead atoms. The maximum absolute atomic E-state index is 11.1. The van der Waals surface area contributed by atoms with E-state index in [9.17, 15) is 18.5 Å². The third-order valence-electron chi connectivity index (χ3n) is 1.72. The molecule has 2 N–H and O–H groups in total. The summed E-state index contributed by atoms with van der Waals surface area (Å²) in [5, 5.41) is 15.2. The lowest BCUT2D eigenvalue weighted by Crippen LogP contribution is -2.13. The van der Waals surface area contributed by atoms with Gasteiger partial charge in [-0.3, -0.25) is 10.1 Å². The van der Waals surface area contributed by atoms with Crippen molar-refractivity contribution in [2.24, 2.45) is 5.14 Å². The predicted octanol–water partition coefficient (Wildman–Crippen LogP) is 1.20. The summed E-state index contributed by atoms with van der Waals surface area (Å²) in [6, 6.07) is 2.02. The average molecular weight is 251 g/mol. The van der Waals surface area contributed by atoms with Crippen LogP contribution in [0.5, 0.6) is 0 Å². The number of primary sulfonamides is 1. The first-order chi connectivity index (χ1) is 6.73. The summed E-state index contributed by atoms with van der Waals surface area (Å²) in [6.07, 6.45) is 0. The molecule has 0 saturated carbocycles. The first-order valence-corrected chi connectivity index (χ1v) is 5.63. The number of benzene rings is 1. The SMILES string of the molecule is Cc1cc([N+](=O)[O-])cc(S(N)(=O)=O)c1Cl. The van der Waals surface area contributed by atoms with E-state index in [1.54, 1.807) is 0 Å². The molecule has 0 saturated heterocycles. The Bertz CT molecular complexity index is 526. The number of nitro groups is 1. The third-order valence-corrected chi connectivity index (χ3v) is 3.27. The standard InChI is InChI=1S/C7H7ClN2O4S/c1-4-2-5(10(11)12)3-6(7(4)8)15(9,13)14/h2-3H,1H3,(H2,9,13,14). The number of hydrogen-bond acceptors (Lipinski definition) is 4. The van der Waals surface area contributed by atoms with Crippen LogP contribution in [0.4, 0.5) is 5.69 Å². The number of halogens is 1. The second kappa shape index (κ2) is 3.76. The van der Waals surface area contributed by atoms with Gasteiger partial charge in [-0.25, -0.2) is 13.6 Å². The van der Waals surface area contributed by atoms with Crippen LogP contribution in [0.25, 0.3) is 0 Å². The van der Waals surface area contributed by atoms with Gasteiger partial charge in [0.25, 0.3) is 5.69 Å². The largest absolute Gasteiger partial charge is 0.271 e. The number of nitro benzene ring substituents is 1. The van der Waals surface area contributed by atoms with Crippen LogP contribution in [0.1, 0.15) is 5.56 Å². The lowest BCUT2D eigenvalue weighted by atomic mass is 10.2. The minimum Gasteiger partial charge on any atom is -0.258 e. The Morgan fingerprint density at radius 3 is 2.40 bits per heavy atom. The molecule has 0 unspecified atom stereocenters. The molecule has 82 valence electrons. The quantitative estimate of drug-likeness (QED) is 0.629. The Balaban J connectivity index is 3.59. The number of rotatable bonds is 2. The van der Waals surface area contributed by atoms with E-state index in [2.05, 4.69) is 0 Å². The Morgan fingerprint density at radius 2 is 2.00 bits per heavy atom. The number of nitrogens with two attached hydrogens (primary N) is 1. The number of aryl methyl sites for hydroxylation is 1. The predicted molar refractivity (Wildman–Crippen MR) is 54.2 cm³/mol. The summed E-state index contributed by atoms with van der Waals surface area (Å²) >= 11 is 5.67. The van der Waals surface area contributed by atoms with Crippen LogP contribution in [0.15, 0.2) is 17.0 Å². The zero-order valence-corrected chi connectivity index (χ0v) is 9.17. The van der Waals surface area contributed by atoms with E-state index in [0.29, 0.717) is 0 Å². The molecule has 0 amide bonds. The Kier molecular flexibility index (Phi) is 2.98. The molecule has 0 aliphatic rings. The zero-order valence-electron chi connectivity index (χ0n) is 7.60. The normalized spacial score (nSPS) is 11.4. The first kappa shape index (κ1) is 11.9. The van der Waals surface area contributed by atoms with Crippen molar-refractivity contribution in [2.45, 2.75) is 11.8 Å². The summed E-state index contributed by atoms with van der Waals surface area (Å²) < 4.78 is 22.1. The monoisotopic (exact) mass is 250 g/mol. The van der Waals surface area contributed by atoms with Gasteiger partial charge < -0.3 is 0 Å². The molecule has 0 aliphatic heterocycles. The second-order valence-corrected chi connectivity index (χ2v) is 4.78. The minimum absolute atomic E-state index is 0.0944. The van der Waals surface area contributed by atoms with Crippen LogP contribution in [0.3, 0.4) is 0 Å². The van der Waals surface area contributed by atoms with Crippen LogP contribution in [0.2, 0.25) is 5.02 Å². The molecule has 0 aromatic heterocycles. The van der Waals surface area contributed by atoms with E-state index < -0.39 is 19.8 Å². The van der Waals surface area contributed by atoms with Crippen molar-refractivity contribution in [1.29, 1.82) is 0 Å².